The summed E-state index contributed by atoms with van der Waals surface area (Å²) in [7, 11) is 0. The van der Waals surface area contributed by atoms with E-state index in [-0.39, 0.29) is 5.91 Å². The van der Waals surface area contributed by atoms with Gasteiger partial charge in [0.2, 0.25) is 0 Å². The topological polar surface area (TPSA) is 69.8 Å². The third-order valence-electron chi connectivity index (χ3n) is 3.28. The number of hydrogen-bond donors (Lipinski definition) is 3. The average Bonchev–Trinajstić information content (AvgIpc) is 2.98. The highest BCUT2D eigenvalue weighted by atomic mass is 16.1. The Hall–Kier alpha value is -2.30. The van der Waals surface area contributed by atoms with Crippen molar-refractivity contribution in [3.63, 3.8) is 0 Å². The van der Waals surface area contributed by atoms with Crippen molar-refractivity contribution in [2.24, 2.45) is 0 Å². The average molecular weight is 286 g/mol. The first-order valence-electron chi connectivity index (χ1n) is 7.30. The zero-order chi connectivity index (χ0) is 15.1. The van der Waals surface area contributed by atoms with Gasteiger partial charge in [-0.05, 0) is 37.1 Å². The van der Waals surface area contributed by atoms with Crippen LogP contribution in [-0.2, 0) is 6.42 Å². The molecule has 1 aromatic carbocycles. The summed E-state index contributed by atoms with van der Waals surface area (Å²) < 4.78 is 0. The van der Waals surface area contributed by atoms with E-state index in [9.17, 15) is 4.79 Å². The van der Waals surface area contributed by atoms with Gasteiger partial charge in [-0.2, -0.15) is 0 Å². The van der Waals surface area contributed by atoms with E-state index in [0.717, 1.165) is 41.9 Å². The molecule has 21 heavy (non-hydrogen) atoms. The fraction of sp³-hybridized carbons (Fsp3) is 0.375. The molecule has 3 N–H and O–H groups in total. The first-order valence-corrected chi connectivity index (χ1v) is 7.30. The highest BCUT2D eigenvalue weighted by Crippen LogP contribution is 2.15. The minimum atomic E-state index is -0.0333. The van der Waals surface area contributed by atoms with Crippen LogP contribution in [0.4, 0.5) is 5.69 Å². The lowest BCUT2D eigenvalue weighted by atomic mass is 10.1. The van der Waals surface area contributed by atoms with Crippen molar-refractivity contribution in [1.29, 1.82) is 0 Å². The van der Waals surface area contributed by atoms with E-state index in [2.05, 4.69) is 27.5 Å². The van der Waals surface area contributed by atoms with Crippen LogP contribution in [0.15, 0.2) is 30.7 Å². The van der Waals surface area contributed by atoms with Gasteiger partial charge in [0.1, 0.15) is 0 Å². The number of aromatic amines is 1. The van der Waals surface area contributed by atoms with Crippen molar-refractivity contribution < 1.29 is 4.79 Å². The molecule has 0 radical (unpaired) electrons. The second-order valence-electron chi connectivity index (χ2n) is 5.04. The molecule has 0 aliphatic heterocycles. The molecule has 0 aliphatic carbocycles. The molecule has 0 saturated carbocycles. The monoisotopic (exact) mass is 286 g/mol. The van der Waals surface area contributed by atoms with E-state index >= 15 is 0 Å². The van der Waals surface area contributed by atoms with Gasteiger partial charge in [0.25, 0.3) is 5.91 Å². The molecule has 0 aliphatic rings. The summed E-state index contributed by atoms with van der Waals surface area (Å²) in [5, 5.41) is 6.25. The molecule has 0 spiro atoms. The Balaban J connectivity index is 1.89. The van der Waals surface area contributed by atoms with E-state index in [1.54, 1.807) is 12.5 Å². The molecule has 2 aromatic rings. The minimum Gasteiger partial charge on any atom is -0.385 e. The van der Waals surface area contributed by atoms with Crippen molar-refractivity contribution >= 4 is 11.6 Å². The summed E-state index contributed by atoms with van der Waals surface area (Å²) in [5.74, 6) is -0.0333. The third kappa shape index (κ3) is 4.34. The van der Waals surface area contributed by atoms with Crippen LogP contribution in [0.3, 0.4) is 0 Å². The van der Waals surface area contributed by atoms with Gasteiger partial charge in [-0.25, -0.2) is 4.98 Å². The number of carbonyl (C=O) groups is 1. The lowest BCUT2D eigenvalue weighted by Crippen LogP contribution is -2.26. The number of carbonyl (C=O) groups excluding carboxylic acids is 1. The van der Waals surface area contributed by atoms with Crippen LogP contribution < -0.4 is 10.6 Å². The highest BCUT2D eigenvalue weighted by Gasteiger charge is 2.09. The first-order chi connectivity index (χ1) is 10.2. The van der Waals surface area contributed by atoms with Gasteiger partial charge in [-0.1, -0.05) is 6.92 Å². The van der Waals surface area contributed by atoms with E-state index in [0.29, 0.717) is 6.54 Å². The van der Waals surface area contributed by atoms with Gasteiger partial charge in [0.05, 0.1) is 6.33 Å². The second kappa shape index (κ2) is 7.47. The summed E-state index contributed by atoms with van der Waals surface area (Å²) in [6, 6.07) is 5.84. The number of aromatic nitrogens is 2. The maximum atomic E-state index is 12.2. The van der Waals surface area contributed by atoms with Gasteiger partial charge < -0.3 is 15.6 Å². The molecule has 0 saturated heterocycles. The zero-order valence-corrected chi connectivity index (χ0v) is 12.6. The van der Waals surface area contributed by atoms with Gasteiger partial charge >= 0.3 is 0 Å². The number of aryl methyl sites for hydroxylation is 1. The lowest BCUT2D eigenvalue weighted by molar-refractivity contribution is 0.0953. The minimum absolute atomic E-state index is 0.0333. The van der Waals surface area contributed by atoms with Crippen LogP contribution in [0.5, 0.6) is 0 Å². The maximum absolute atomic E-state index is 12.2. The largest absolute Gasteiger partial charge is 0.385 e. The molecule has 0 atom stereocenters. The number of anilines is 1. The third-order valence-corrected chi connectivity index (χ3v) is 3.28. The fourth-order valence-electron chi connectivity index (χ4n) is 2.13. The Morgan fingerprint density at radius 3 is 2.86 bits per heavy atom. The lowest BCUT2D eigenvalue weighted by Gasteiger charge is -2.10. The Bertz CT molecular complexity index is 578. The van der Waals surface area contributed by atoms with E-state index in [4.69, 9.17) is 0 Å². The van der Waals surface area contributed by atoms with E-state index in [1.807, 2.05) is 25.1 Å². The Morgan fingerprint density at radius 1 is 1.33 bits per heavy atom. The molecule has 5 heteroatoms. The molecule has 1 amide bonds. The number of amides is 1. The Labute approximate surface area is 125 Å². The second-order valence-corrected chi connectivity index (χ2v) is 5.04. The zero-order valence-electron chi connectivity index (χ0n) is 12.6. The standard InChI is InChI=1S/C16H22N4O/c1-3-7-18-13-4-5-15(12(2)9-13)16(21)19-8-6-14-10-17-11-20-14/h4-5,9-11,18H,3,6-8H2,1-2H3,(H,17,20)(H,19,21). The van der Waals surface area contributed by atoms with Crippen molar-refractivity contribution in [1.82, 2.24) is 15.3 Å². The van der Waals surface area contributed by atoms with Crippen LogP contribution in [-0.4, -0.2) is 29.0 Å². The smallest absolute Gasteiger partial charge is 0.251 e. The number of benzene rings is 1. The summed E-state index contributed by atoms with van der Waals surface area (Å²) >= 11 is 0. The number of nitrogens with zero attached hydrogens (tertiary/aromatic N) is 1. The van der Waals surface area contributed by atoms with Gasteiger partial charge in [0, 0.05) is 42.7 Å². The molecular weight excluding hydrogens is 264 g/mol. The Kier molecular flexibility index (Phi) is 5.37. The maximum Gasteiger partial charge on any atom is 0.251 e. The Morgan fingerprint density at radius 2 is 2.19 bits per heavy atom. The number of nitrogens with one attached hydrogen (secondary N) is 3. The molecular formula is C16H22N4O. The summed E-state index contributed by atoms with van der Waals surface area (Å²) in [6.45, 7) is 5.62. The van der Waals surface area contributed by atoms with Crippen LogP contribution in [0.2, 0.25) is 0 Å². The van der Waals surface area contributed by atoms with E-state index in [1.165, 1.54) is 0 Å². The molecule has 2 rings (SSSR count). The predicted octanol–water partition coefficient (Wildman–Crippen LogP) is 2.51. The predicted molar refractivity (Wildman–Crippen MR) is 84.6 cm³/mol. The van der Waals surface area contributed by atoms with Crippen LogP contribution in [0.1, 0.15) is 35.0 Å². The van der Waals surface area contributed by atoms with Gasteiger partial charge in [-0.3, -0.25) is 4.79 Å². The SMILES string of the molecule is CCCNc1ccc(C(=O)NCCc2cnc[nH]2)c(C)c1. The van der Waals surface area contributed by atoms with Crippen molar-refractivity contribution in [3.8, 4) is 0 Å². The van der Waals surface area contributed by atoms with E-state index < -0.39 is 0 Å². The van der Waals surface area contributed by atoms with Gasteiger partial charge in [-0.15, -0.1) is 0 Å². The van der Waals surface area contributed by atoms with Crippen molar-refractivity contribution in [2.45, 2.75) is 26.7 Å². The highest BCUT2D eigenvalue weighted by molar-refractivity contribution is 5.96. The molecule has 0 bridgehead atoms. The van der Waals surface area contributed by atoms with Crippen molar-refractivity contribution in [2.75, 3.05) is 18.4 Å². The molecule has 0 fully saturated rings. The normalized spacial score (nSPS) is 10.4. The molecule has 112 valence electrons. The molecule has 0 unspecified atom stereocenters. The van der Waals surface area contributed by atoms with Crippen molar-refractivity contribution in [3.05, 3.63) is 47.5 Å². The first kappa shape index (κ1) is 15.1. The summed E-state index contributed by atoms with van der Waals surface area (Å²) in [6.07, 6.45) is 5.24. The molecule has 1 heterocycles. The van der Waals surface area contributed by atoms with Crippen LogP contribution in [0, 0.1) is 6.92 Å². The summed E-state index contributed by atoms with van der Waals surface area (Å²) in [4.78, 5) is 19.1. The molecule has 1 aromatic heterocycles. The summed E-state index contributed by atoms with van der Waals surface area (Å²) in [5.41, 5.74) is 3.78. The molecule has 5 nitrogen and oxygen atoms in total. The van der Waals surface area contributed by atoms with Crippen LogP contribution in [0.25, 0.3) is 0 Å². The van der Waals surface area contributed by atoms with Crippen LogP contribution >= 0.6 is 0 Å². The quantitative estimate of drug-likeness (QED) is 0.732. The number of hydrogen-bond acceptors (Lipinski definition) is 3. The fourth-order valence-corrected chi connectivity index (χ4v) is 2.13. The number of imidazole rings is 1. The number of rotatable bonds is 7. The number of H-pyrrole nitrogens is 1. The van der Waals surface area contributed by atoms with Gasteiger partial charge in [0.15, 0.2) is 0 Å².